The maximum Gasteiger partial charge on any atom is 0.341 e. The van der Waals surface area contributed by atoms with Crippen LogP contribution in [0.4, 0.5) is 20.7 Å². The van der Waals surface area contributed by atoms with Gasteiger partial charge in [0.15, 0.2) is 0 Å². The number of nitrogens with one attached hydrogen (secondary N) is 2. The van der Waals surface area contributed by atoms with Gasteiger partial charge in [0.05, 0.1) is 50.2 Å². The summed E-state index contributed by atoms with van der Waals surface area (Å²) in [6.45, 7) is 12.0. The van der Waals surface area contributed by atoms with Gasteiger partial charge in [0.1, 0.15) is 34.3 Å². The van der Waals surface area contributed by atoms with Crippen molar-refractivity contribution >= 4 is 29.9 Å². The lowest BCUT2D eigenvalue weighted by molar-refractivity contribution is 0.0513. The van der Waals surface area contributed by atoms with Crippen LogP contribution in [0, 0.1) is 39.3 Å². The highest BCUT2D eigenvalue weighted by Crippen LogP contribution is 2.20. The minimum absolute atomic E-state index is 0.243. The van der Waals surface area contributed by atoms with Gasteiger partial charge >= 0.3 is 11.9 Å². The maximum absolute atomic E-state index is 13.8. The molecule has 12 nitrogen and oxygen atoms in total. The molecule has 2 heterocycles. The Kier molecular flexibility index (Phi) is 15.9. The van der Waals surface area contributed by atoms with Crippen molar-refractivity contribution in [3.05, 3.63) is 99.1 Å². The van der Waals surface area contributed by atoms with E-state index in [9.17, 15) is 18.4 Å². The van der Waals surface area contributed by atoms with Crippen molar-refractivity contribution in [3.8, 4) is 11.5 Å². The van der Waals surface area contributed by atoms with Gasteiger partial charge in [0.2, 0.25) is 11.9 Å². The molecule has 0 aliphatic rings. The molecule has 278 valence electrons. The largest absolute Gasteiger partial charge is 0.497 e. The maximum atomic E-state index is 13.8. The van der Waals surface area contributed by atoms with Crippen molar-refractivity contribution in [1.29, 1.82) is 0 Å². The van der Waals surface area contributed by atoms with E-state index in [1.807, 2.05) is 0 Å². The van der Waals surface area contributed by atoms with Crippen LogP contribution in [0.25, 0.3) is 6.08 Å². The highest BCUT2D eigenvalue weighted by molar-refractivity contribution is 5.92. The number of benzene rings is 2. The number of carbonyl (C=O) groups is 2. The first-order chi connectivity index (χ1) is 24.9. The molecule has 52 heavy (non-hydrogen) atoms. The second kappa shape index (κ2) is 20.3. The number of ether oxygens (including phenoxy) is 4. The fourth-order valence-corrected chi connectivity index (χ4v) is 5.05. The van der Waals surface area contributed by atoms with Gasteiger partial charge in [-0.15, -0.1) is 0 Å². The second-order valence-corrected chi connectivity index (χ2v) is 11.3. The zero-order valence-electron chi connectivity index (χ0n) is 30.9. The lowest BCUT2D eigenvalue weighted by atomic mass is 10.1. The first-order valence-electron chi connectivity index (χ1n) is 16.8. The lowest BCUT2D eigenvalue weighted by Crippen LogP contribution is -2.14. The van der Waals surface area contributed by atoms with E-state index in [1.54, 1.807) is 85.1 Å². The summed E-state index contributed by atoms with van der Waals surface area (Å²) in [6, 6.07) is 9.25. The standard InChI is InChI=1S/C19H24FN3O3.C19H22FN3O3/c2*1-5-26-18(24)17-12(2)22-19(23-13(17)3)21-10-6-7-14-11-15(25-4)8-9-16(14)20/h8-9,11H,5-7,10H2,1-4H3,(H,21,22,23);6-9,11H,5,10H2,1-4H3,(H,21,22,23)/b;7-6+. The topological polar surface area (TPSA) is 147 Å². The number of anilines is 2. The molecule has 0 aliphatic heterocycles. The van der Waals surface area contributed by atoms with Gasteiger partial charge in [-0.1, -0.05) is 12.2 Å². The average Bonchev–Trinajstić information content (AvgIpc) is 3.10. The van der Waals surface area contributed by atoms with E-state index in [0.29, 0.717) is 108 Å². The predicted molar refractivity (Wildman–Crippen MR) is 195 cm³/mol. The molecule has 0 spiro atoms. The molecular weight excluding hydrogens is 674 g/mol. The Hall–Kier alpha value is -5.66. The summed E-state index contributed by atoms with van der Waals surface area (Å²) in [5, 5.41) is 6.14. The van der Waals surface area contributed by atoms with Crippen molar-refractivity contribution in [2.45, 2.75) is 54.4 Å². The molecule has 0 fully saturated rings. The molecule has 14 heteroatoms. The van der Waals surface area contributed by atoms with Gasteiger partial charge in [0.25, 0.3) is 0 Å². The molecule has 0 saturated heterocycles. The van der Waals surface area contributed by atoms with Crippen LogP contribution in [-0.2, 0) is 15.9 Å². The SMILES string of the molecule is CCOC(=O)c1c(C)nc(NC/C=C/c2cc(OC)ccc2F)nc1C.CCOC(=O)c1c(C)nc(NCCCc2cc(OC)ccc2F)nc1C. The van der Waals surface area contributed by atoms with Crippen LogP contribution in [0.15, 0.2) is 42.5 Å². The smallest absolute Gasteiger partial charge is 0.341 e. The van der Waals surface area contributed by atoms with E-state index in [1.165, 1.54) is 19.2 Å². The molecule has 2 aromatic carbocycles. The summed E-state index contributed by atoms with van der Waals surface area (Å²) in [5.74, 6) is 0.644. The number of methoxy groups -OCH3 is 2. The van der Waals surface area contributed by atoms with Crippen LogP contribution in [-0.4, -0.2) is 72.4 Å². The van der Waals surface area contributed by atoms with Crippen LogP contribution >= 0.6 is 0 Å². The van der Waals surface area contributed by atoms with Crippen LogP contribution < -0.4 is 20.1 Å². The number of hydrogen-bond acceptors (Lipinski definition) is 12. The Morgan fingerprint density at radius 1 is 0.712 bits per heavy atom. The summed E-state index contributed by atoms with van der Waals surface area (Å²) in [5.41, 5.74) is 4.04. The Morgan fingerprint density at radius 2 is 1.19 bits per heavy atom. The van der Waals surface area contributed by atoms with E-state index in [4.69, 9.17) is 18.9 Å². The number of carbonyl (C=O) groups excluding carboxylic acids is 2. The van der Waals surface area contributed by atoms with Gasteiger partial charge in [-0.05, 0) is 96.3 Å². The minimum Gasteiger partial charge on any atom is -0.497 e. The van der Waals surface area contributed by atoms with Crippen molar-refractivity contribution < 1.29 is 37.3 Å². The third-order valence-electron chi connectivity index (χ3n) is 7.54. The number of aromatic nitrogens is 4. The molecule has 2 N–H and O–H groups in total. The molecule has 0 aliphatic carbocycles. The molecule has 0 amide bonds. The molecule has 0 atom stereocenters. The normalized spacial score (nSPS) is 10.7. The van der Waals surface area contributed by atoms with E-state index >= 15 is 0 Å². The van der Waals surface area contributed by atoms with Crippen molar-refractivity contribution in [1.82, 2.24) is 19.9 Å². The van der Waals surface area contributed by atoms with E-state index in [-0.39, 0.29) is 11.6 Å². The molecule has 0 saturated carbocycles. The number of rotatable bonds is 15. The molecule has 2 aromatic heterocycles. The average molecular weight is 721 g/mol. The first-order valence-corrected chi connectivity index (χ1v) is 16.8. The Labute approximate surface area is 303 Å². The highest BCUT2D eigenvalue weighted by Gasteiger charge is 2.18. The molecule has 0 bridgehead atoms. The molecule has 4 rings (SSSR count). The molecule has 0 radical (unpaired) electrons. The van der Waals surface area contributed by atoms with Gasteiger partial charge in [-0.25, -0.2) is 38.3 Å². The summed E-state index contributed by atoms with van der Waals surface area (Å²) in [7, 11) is 3.09. The first kappa shape index (κ1) is 40.8. The summed E-state index contributed by atoms with van der Waals surface area (Å²) >= 11 is 0. The number of nitrogens with zero attached hydrogens (tertiary/aromatic N) is 4. The fourth-order valence-electron chi connectivity index (χ4n) is 5.05. The zero-order chi connectivity index (χ0) is 38.2. The predicted octanol–water partition coefficient (Wildman–Crippen LogP) is 7.01. The van der Waals surface area contributed by atoms with E-state index in [2.05, 4.69) is 30.6 Å². The van der Waals surface area contributed by atoms with Crippen molar-refractivity contribution in [3.63, 3.8) is 0 Å². The van der Waals surface area contributed by atoms with Crippen molar-refractivity contribution in [2.24, 2.45) is 0 Å². The molecular formula is C38H46F2N6O6. The number of hydrogen-bond donors (Lipinski definition) is 2. The Bertz CT molecular complexity index is 1820. The Morgan fingerprint density at radius 3 is 1.69 bits per heavy atom. The summed E-state index contributed by atoms with van der Waals surface area (Å²) < 4.78 is 47.8. The Balaban J connectivity index is 0.000000280. The van der Waals surface area contributed by atoms with Gasteiger partial charge < -0.3 is 29.6 Å². The summed E-state index contributed by atoms with van der Waals surface area (Å²) in [6.07, 6.45) is 4.67. The van der Waals surface area contributed by atoms with Crippen molar-refractivity contribution in [2.75, 3.05) is 51.2 Å². The number of halogens is 2. The zero-order valence-corrected chi connectivity index (χ0v) is 30.9. The quantitative estimate of drug-likeness (QED) is 0.0963. The van der Waals surface area contributed by atoms with Crippen LogP contribution in [0.1, 0.15) is 74.9 Å². The van der Waals surface area contributed by atoms with Gasteiger partial charge in [-0.3, -0.25) is 0 Å². The summed E-state index contributed by atoms with van der Waals surface area (Å²) in [4.78, 5) is 41.0. The second-order valence-electron chi connectivity index (χ2n) is 11.3. The van der Waals surface area contributed by atoms with E-state index in [0.717, 1.165) is 0 Å². The van der Waals surface area contributed by atoms with Crippen LogP contribution in [0.2, 0.25) is 0 Å². The van der Waals surface area contributed by atoms with E-state index < -0.39 is 11.9 Å². The van der Waals surface area contributed by atoms with Crippen LogP contribution in [0.5, 0.6) is 11.5 Å². The minimum atomic E-state index is -0.428. The van der Waals surface area contributed by atoms with Gasteiger partial charge in [0, 0.05) is 18.7 Å². The molecule has 0 unspecified atom stereocenters. The molecule has 4 aromatic rings. The lowest BCUT2D eigenvalue weighted by Gasteiger charge is -2.11. The van der Waals surface area contributed by atoms with Crippen LogP contribution in [0.3, 0.4) is 0 Å². The number of aryl methyl sites for hydroxylation is 5. The highest BCUT2D eigenvalue weighted by atomic mass is 19.1. The van der Waals surface area contributed by atoms with Gasteiger partial charge in [-0.2, -0.15) is 0 Å². The third kappa shape index (κ3) is 11.7. The number of esters is 2. The monoisotopic (exact) mass is 720 g/mol. The fraction of sp³-hybridized carbons (Fsp3) is 0.368. The third-order valence-corrected chi connectivity index (χ3v) is 7.54.